The number of carbonyl (C=O) groups is 1. The quantitative estimate of drug-likeness (QED) is 0.776. The van der Waals surface area contributed by atoms with E-state index in [1.165, 1.54) is 44.9 Å². The Labute approximate surface area is 117 Å². The van der Waals surface area contributed by atoms with Gasteiger partial charge in [-0.3, -0.25) is 4.79 Å². The number of carbonyl (C=O) groups excluding carboxylic acids is 1. The molecular formula is C16H30N2O. The minimum absolute atomic E-state index is 0.276. The summed E-state index contributed by atoms with van der Waals surface area (Å²) in [6, 6.07) is 0. The van der Waals surface area contributed by atoms with Crippen LogP contribution < -0.4 is 11.1 Å². The molecule has 2 rings (SSSR count). The van der Waals surface area contributed by atoms with Crippen LogP contribution >= 0.6 is 0 Å². The molecule has 0 radical (unpaired) electrons. The van der Waals surface area contributed by atoms with Crippen molar-refractivity contribution in [3.63, 3.8) is 0 Å². The standard InChI is InChI=1S/C16H30N2O/c17-11-9-14-5-7-15(8-6-14)16(19)18-12-10-13-3-1-2-4-13/h13-15H,1-12,17H2,(H,18,19). The van der Waals surface area contributed by atoms with Gasteiger partial charge in [0.15, 0.2) is 0 Å². The molecule has 0 aromatic carbocycles. The highest BCUT2D eigenvalue weighted by atomic mass is 16.1. The van der Waals surface area contributed by atoms with Crippen molar-refractivity contribution in [2.45, 2.75) is 64.2 Å². The topological polar surface area (TPSA) is 55.1 Å². The van der Waals surface area contributed by atoms with E-state index in [0.717, 1.165) is 44.2 Å². The zero-order valence-corrected chi connectivity index (χ0v) is 12.2. The molecule has 0 saturated heterocycles. The van der Waals surface area contributed by atoms with Gasteiger partial charge in [-0.25, -0.2) is 0 Å². The molecular weight excluding hydrogens is 236 g/mol. The molecule has 2 saturated carbocycles. The summed E-state index contributed by atoms with van der Waals surface area (Å²) in [5.74, 6) is 2.23. The van der Waals surface area contributed by atoms with Gasteiger partial charge in [-0.2, -0.15) is 0 Å². The molecule has 2 fully saturated rings. The van der Waals surface area contributed by atoms with Crippen LogP contribution in [0.4, 0.5) is 0 Å². The van der Waals surface area contributed by atoms with Crippen LogP contribution in [0.1, 0.15) is 64.2 Å². The third kappa shape index (κ3) is 4.79. The predicted octanol–water partition coefficient (Wildman–Crippen LogP) is 2.84. The summed E-state index contributed by atoms with van der Waals surface area (Å²) in [6.45, 7) is 1.69. The predicted molar refractivity (Wildman–Crippen MR) is 78.7 cm³/mol. The van der Waals surface area contributed by atoms with Crippen LogP contribution in [0, 0.1) is 17.8 Å². The summed E-state index contributed by atoms with van der Waals surface area (Å²) < 4.78 is 0. The maximum Gasteiger partial charge on any atom is 0.223 e. The van der Waals surface area contributed by atoms with E-state index in [1.807, 2.05) is 0 Å². The first-order chi connectivity index (χ1) is 9.29. The Hall–Kier alpha value is -0.570. The summed E-state index contributed by atoms with van der Waals surface area (Å²) in [5.41, 5.74) is 5.60. The summed E-state index contributed by atoms with van der Waals surface area (Å²) in [5, 5.41) is 3.16. The van der Waals surface area contributed by atoms with E-state index in [0.29, 0.717) is 5.91 Å². The van der Waals surface area contributed by atoms with Crippen LogP contribution in [0.5, 0.6) is 0 Å². The molecule has 0 bridgehead atoms. The highest BCUT2D eigenvalue weighted by Crippen LogP contribution is 2.31. The first kappa shape index (κ1) is 14.8. The second-order valence-electron chi connectivity index (χ2n) is 6.53. The molecule has 0 spiro atoms. The average molecular weight is 266 g/mol. The van der Waals surface area contributed by atoms with Gasteiger partial charge in [-0.05, 0) is 56.9 Å². The van der Waals surface area contributed by atoms with Crippen LogP contribution in [0.2, 0.25) is 0 Å². The summed E-state index contributed by atoms with van der Waals surface area (Å²) >= 11 is 0. The molecule has 19 heavy (non-hydrogen) atoms. The van der Waals surface area contributed by atoms with E-state index >= 15 is 0 Å². The van der Waals surface area contributed by atoms with Gasteiger partial charge in [0.05, 0.1) is 0 Å². The first-order valence-electron chi connectivity index (χ1n) is 8.27. The van der Waals surface area contributed by atoms with Gasteiger partial charge in [-0.1, -0.05) is 25.7 Å². The molecule has 0 aromatic heterocycles. The molecule has 3 N–H and O–H groups in total. The third-order valence-corrected chi connectivity index (χ3v) is 5.12. The van der Waals surface area contributed by atoms with Gasteiger partial charge in [0.1, 0.15) is 0 Å². The molecule has 2 aliphatic rings. The number of nitrogens with two attached hydrogens (primary N) is 1. The smallest absolute Gasteiger partial charge is 0.223 e. The zero-order valence-electron chi connectivity index (χ0n) is 12.2. The van der Waals surface area contributed by atoms with Crippen molar-refractivity contribution in [1.29, 1.82) is 0 Å². The lowest BCUT2D eigenvalue weighted by molar-refractivity contribution is -0.126. The van der Waals surface area contributed by atoms with E-state index in [2.05, 4.69) is 5.32 Å². The molecule has 0 aliphatic heterocycles. The lowest BCUT2D eigenvalue weighted by atomic mass is 9.80. The Kier molecular flexibility index (Phi) is 6.15. The Morgan fingerprint density at radius 1 is 0.947 bits per heavy atom. The van der Waals surface area contributed by atoms with Crippen molar-refractivity contribution in [2.24, 2.45) is 23.5 Å². The van der Waals surface area contributed by atoms with Crippen LogP contribution in [0.15, 0.2) is 0 Å². The fourth-order valence-electron chi connectivity index (χ4n) is 3.79. The van der Waals surface area contributed by atoms with Crippen LogP contribution in [0.3, 0.4) is 0 Å². The van der Waals surface area contributed by atoms with E-state index in [9.17, 15) is 4.79 Å². The van der Waals surface area contributed by atoms with E-state index in [1.54, 1.807) is 0 Å². The molecule has 0 heterocycles. The molecule has 0 atom stereocenters. The molecule has 2 aliphatic carbocycles. The zero-order chi connectivity index (χ0) is 13.5. The van der Waals surface area contributed by atoms with Crippen molar-refractivity contribution in [1.82, 2.24) is 5.32 Å². The summed E-state index contributed by atoms with van der Waals surface area (Å²) in [6.07, 6.45) is 12.4. The molecule has 0 aromatic rings. The maximum atomic E-state index is 12.1. The molecule has 3 nitrogen and oxygen atoms in total. The van der Waals surface area contributed by atoms with Crippen molar-refractivity contribution in [3.8, 4) is 0 Å². The van der Waals surface area contributed by atoms with Gasteiger partial charge in [0.25, 0.3) is 0 Å². The second-order valence-corrected chi connectivity index (χ2v) is 6.53. The van der Waals surface area contributed by atoms with Crippen molar-refractivity contribution in [3.05, 3.63) is 0 Å². The number of hydrogen-bond acceptors (Lipinski definition) is 2. The number of amides is 1. The summed E-state index contributed by atoms with van der Waals surface area (Å²) in [7, 11) is 0. The van der Waals surface area contributed by atoms with E-state index in [-0.39, 0.29) is 5.92 Å². The third-order valence-electron chi connectivity index (χ3n) is 5.12. The van der Waals surface area contributed by atoms with Crippen molar-refractivity contribution in [2.75, 3.05) is 13.1 Å². The number of nitrogens with one attached hydrogen (secondary N) is 1. The van der Waals surface area contributed by atoms with Gasteiger partial charge < -0.3 is 11.1 Å². The molecule has 3 heteroatoms. The minimum Gasteiger partial charge on any atom is -0.356 e. The van der Waals surface area contributed by atoms with Gasteiger partial charge in [0, 0.05) is 12.5 Å². The Morgan fingerprint density at radius 3 is 2.21 bits per heavy atom. The minimum atomic E-state index is 0.276. The van der Waals surface area contributed by atoms with Gasteiger partial charge in [0.2, 0.25) is 5.91 Å². The molecule has 0 unspecified atom stereocenters. The fraction of sp³-hybridized carbons (Fsp3) is 0.938. The summed E-state index contributed by atoms with van der Waals surface area (Å²) in [4.78, 5) is 12.1. The van der Waals surface area contributed by atoms with Crippen LogP contribution in [-0.4, -0.2) is 19.0 Å². The highest BCUT2D eigenvalue weighted by molar-refractivity contribution is 5.78. The van der Waals surface area contributed by atoms with Crippen molar-refractivity contribution >= 4 is 5.91 Å². The lowest BCUT2D eigenvalue weighted by Crippen LogP contribution is -2.34. The van der Waals surface area contributed by atoms with Crippen molar-refractivity contribution < 1.29 is 4.79 Å². The van der Waals surface area contributed by atoms with E-state index < -0.39 is 0 Å². The maximum absolute atomic E-state index is 12.1. The molecule has 1 amide bonds. The fourth-order valence-corrected chi connectivity index (χ4v) is 3.79. The lowest BCUT2D eigenvalue weighted by Gasteiger charge is -2.27. The average Bonchev–Trinajstić information content (AvgIpc) is 2.93. The number of rotatable bonds is 6. The first-order valence-corrected chi connectivity index (χ1v) is 8.27. The number of hydrogen-bond donors (Lipinski definition) is 2. The Morgan fingerprint density at radius 2 is 1.58 bits per heavy atom. The van der Waals surface area contributed by atoms with Crippen LogP contribution in [0.25, 0.3) is 0 Å². The highest BCUT2D eigenvalue weighted by Gasteiger charge is 2.25. The Balaban J connectivity index is 1.58. The Bertz CT molecular complexity index is 266. The van der Waals surface area contributed by atoms with E-state index in [4.69, 9.17) is 5.73 Å². The second kappa shape index (κ2) is 7.88. The van der Waals surface area contributed by atoms with Crippen LogP contribution in [-0.2, 0) is 4.79 Å². The van der Waals surface area contributed by atoms with Gasteiger partial charge in [-0.15, -0.1) is 0 Å². The molecule has 110 valence electrons. The monoisotopic (exact) mass is 266 g/mol. The normalized spacial score (nSPS) is 28.5. The van der Waals surface area contributed by atoms with Gasteiger partial charge >= 0.3 is 0 Å². The SMILES string of the molecule is NCCC1CCC(C(=O)NCCC2CCCC2)CC1. The largest absolute Gasteiger partial charge is 0.356 e.